The van der Waals surface area contributed by atoms with E-state index in [-0.39, 0.29) is 0 Å². The molecular weight excluding hydrogens is 681 g/mol. The van der Waals surface area contributed by atoms with E-state index < -0.39 is 5.41 Å². The number of benzene rings is 8. The third-order valence-corrected chi connectivity index (χ3v) is 11.4. The van der Waals surface area contributed by atoms with Crippen molar-refractivity contribution in [1.29, 1.82) is 0 Å². The second kappa shape index (κ2) is 12.9. The first-order valence-electron chi connectivity index (χ1n) is 19.1. The van der Waals surface area contributed by atoms with E-state index >= 15 is 0 Å². The first-order valence-corrected chi connectivity index (χ1v) is 19.1. The Morgan fingerprint density at radius 1 is 0.339 bits per heavy atom. The summed E-state index contributed by atoms with van der Waals surface area (Å²) in [6, 6.07) is 73.4. The topological polar surface area (TPSA) is 38.9 Å². The highest BCUT2D eigenvalue weighted by atomic mass is 16.3. The van der Waals surface area contributed by atoms with Crippen molar-refractivity contribution in [3.63, 3.8) is 0 Å². The van der Waals surface area contributed by atoms with Crippen LogP contribution in [-0.4, -0.2) is 9.97 Å². The average molecular weight is 715 g/mol. The molecule has 56 heavy (non-hydrogen) atoms. The zero-order valence-electron chi connectivity index (χ0n) is 30.4. The van der Waals surface area contributed by atoms with Gasteiger partial charge in [-0.25, -0.2) is 9.97 Å². The fourth-order valence-electron chi connectivity index (χ4n) is 8.90. The molecule has 8 aromatic carbocycles. The quantitative estimate of drug-likeness (QED) is 0.172. The van der Waals surface area contributed by atoms with Crippen LogP contribution in [0, 0.1) is 0 Å². The molecule has 0 atom stereocenters. The predicted octanol–water partition coefficient (Wildman–Crippen LogP) is 13.4. The van der Waals surface area contributed by atoms with Crippen LogP contribution >= 0.6 is 0 Å². The number of rotatable bonds is 6. The van der Waals surface area contributed by atoms with Crippen LogP contribution in [0.1, 0.15) is 22.3 Å². The molecule has 0 saturated carbocycles. The van der Waals surface area contributed by atoms with E-state index in [1.54, 1.807) is 0 Å². The molecule has 1 aliphatic carbocycles. The molecule has 0 saturated heterocycles. The molecule has 0 spiro atoms. The maximum Gasteiger partial charge on any atom is 0.160 e. The molecule has 2 heterocycles. The van der Waals surface area contributed by atoms with Crippen LogP contribution < -0.4 is 0 Å². The van der Waals surface area contributed by atoms with Crippen molar-refractivity contribution >= 4 is 21.9 Å². The Hall–Kier alpha value is -7.36. The van der Waals surface area contributed by atoms with Gasteiger partial charge in [-0.15, -0.1) is 0 Å². The van der Waals surface area contributed by atoms with Gasteiger partial charge >= 0.3 is 0 Å². The van der Waals surface area contributed by atoms with E-state index in [1.165, 1.54) is 33.4 Å². The van der Waals surface area contributed by atoms with Crippen molar-refractivity contribution in [3.05, 3.63) is 229 Å². The van der Waals surface area contributed by atoms with Gasteiger partial charge in [-0.05, 0) is 74.8 Å². The van der Waals surface area contributed by atoms with E-state index in [0.29, 0.717) is 5.82 Å². The lowest BCUT2D eigenvalue weighted by Crippen LogP contribution is -2.28. The van der Waals surface area contributed by atoms with E-state index in [9.17, 15) is 0 Å². The number of para-hydroxylation sites is 1. The third kappa shape index (κ3) is 4.98. The van der Waals surface area contributed by atoms with Crippen LogP contribution in [0.5, 0.6) is 0 Å². The van der Waals surface area contributed by atoms with Crippen molar-refractivity contribution in [2.45, 2.75) is 5.41 Å². The maximum absolute atomic E-state index is 6.17. The number of nitrogens with zero attached hydrogens (tertiary/aromatic N) is 2. The van der Waals surface area contributed by atoms with Gasteiger partial charge in [0, 0.05) is 27.5 Å². The summed E-state index contributed by atoms with van der Waals surface area (Å²) < 4.78 is 6.17. The van der Waals surface area contributed by atoms with Gasteiger partial charge in [0.2, 0.25) is 0 Å². The largest absolute Gasteiger partial charge is 0.456 e. The number of furan rings is 1. The van der Waals surface area contributed by atoms with E-state index in [4.69, 9.17) is 14.4 Å². The Bertz CT molecular complexity index is 3030. The van der Waals surface area contributed by atoms with Gasteiger partial charge in [-0.3, -0.25) is 0 Å². The van der Waals surface area contributed by atoms with Crippen molar-refractivity contribution in [1.82, 2.24) is 9.97 Å². The van der Waals surface area contributed by atoms with Crippen molar-refractivity contribution in [2.24, 2.45) is 0 Å². The maximum atomic E-state index is 6.17. The van der Waals surface area contributed by atoms with Gasteiger partial charge in [-0.2, -0.15) is 0 Å². The highest BCUT2D eigenvalue weighted by molar-refractivity contribution is 6.06. The Balaban J connectivity index is 1.07. The molecule has 0 amide bonds. The highest BCUT2D eigenvalue weighted by Crippen LogP contribution is 2.56. The van der Waals surface area contributed by atoms with Crippen LogP contribution in [0.25, 0.3) is 78.1 Å². The number of hydrogen-bond acceptors (Lipinski definition) is 3. The average Bonchev–Trinajstić information content (AvgIpc) is 3.80. The monoisotopic (exact) mass is 714 g/mol. The van der Waals surface area contributed by atoms with Crippen LogP contribution in [0.15, 0.2) is 211 Å². The normalized spacial score (nSPS) is 12.8. The minimum Gasteiger partial charge on any atom is -0.456 e. The second-order valence-electron chi connectivity index (χ2n) is 14.5. The molecule has 3 nitrogen and oxygen atoms in total. The van der Waals surface area contributed by atoms with E-state index in [1.807, 2.05) is 36.4 Å². The summed E-state index contributed by atoms with van der Waals surface area (Å²) in [5.41, 5.74) is 16.0. The molecule has 0 radical (unpaired) electrons. The first kappa shape index (κ1) is 32.1. The molecule has 262 valence electrons. The summed E-state index contributed by atoms with van der Waals surface area (Å²) in [6.07, 6.45) is 0. The molecule has 0 aliphatic heterocycles. The van der Waals surface area contributed by atoms with Gasteiger partial charge < -0.3 is 4.42 Å². The van der Waals surface area contributed by atoms with Crippen molar-refractivity contribution in [2.75, 3.05) is 0 Å². The number of hydrogen-bond donors (Lipinski definition) is 0. The van der Waals surface area contributed by atoms with Crippen LogP contribution in [0.3, 0.4) is 0 Å². The minimum atomic E-state index is -0.444. The SMILES string of the molecule is c1ccc(-c2nc(-c3ccc4oc5ccccc5c4c3)cc(-c3ccccc3-c3ccc(C4(c5ccccc5)c5ccccc5-c5ccccc54)cc3)n2)cc1. The van der Waals surface area contributed by atoms with E-state index in [2.05, 4.69) is 170 Å². The fourth-order valence-corrected chi connectivity index (χ4v) is 8.90. The molecule has 11 rings (SSSR count). The predicted molar refractivity (Wildman–Crippen MR) is 228 cm³/mol. The summed E-state index contributed by atoms with van der Waals surface area (Å²) in [6.45, 7) is 0. The summed E-state index contributed by atoms with van der Waals surface area (Å²) in [4.78, 5) is 10.4. The molecular formula is C53H34N2O. The van der Waals surface area contributed by atoms with Crippen LogP contribution in [-0.2, 0) is 5.41 Å². The molecule has 0 N–H and O–H groups in total. The molecule has 1 aliphatic rings. The summed E-state index contributed by atoms with van der Waals surface area (Å²) in [7, 11) is 0. The number of aromatic nitrogens is 2. The van der Waals surface area contributed by atoms with Gasteiger partial charge in [0.15, 0.2) is 5.82 Å². The first-order chi connectivity index (χ1) is 27.8. The molecule has 2 aromatic heterocycles. The van der Waals surface area contributed by atoms with Crippen molar-refractivity contribution < 1.29 is 4.42 Å². The highest BCUT2D eigenvalue weighted by Gasteiger charge is 2.45. The van der Waals surface area contributed by atoms with Gasteiger partial charge in [0.05, 0.1) is 16.8 Å². The van der Waals surface area contributed by atoms with Gasteiger partial charge in [0.1, 0.15) is 11.2 Å². The zero-order chi connectivity index (χ0) is 37.1. The lowest BCUT2D eigenvalue weighted by molar-refractivity contribution is 0.669. The molecule has 0 fully saturated rings. The zero-order valence-corrected chi connectivity index (χ0v) is 30.4. The summed E-state index contributed by atoms with van der Waals surface area (Å²) in [5.74, 6) is 0.684. The van der Waals surface area contributed by atoms with Crippen LogP contribution in [0.2, 0.25) is 0 Å². The van der Waals surface area contributed by atoms with Gasteiger partial charge in [0.25, 0.3) is 0 Å². The smallest absolute Gasteiger partial charge is 0.160 e. The lowest BCUT2D eigenvalue weighted by Gasteiger charge is -2.34. The molecule has 0 bridgehead atoms. The minimum absolute atomic E-state index is 0.444. The third-order valence-electron chi connectivity index (χ3n) is 11.4. The van der Waals surface area contributed by atoms with Crippen LogP contribution in [0.4, 0.5) is 0 Å². The number of fused-ring (bicyclic) bond motifs is 6. The Kier molecular flexibility index (Phi) is 7.39. The van der Waals surface area contributed by atoms with E-state index in [0.717, 1.165) is 61.1 Å². The van der Waals surface area contributed by atoms with Crippen molar-refractivity contribution in [3.8, 4) is 56.2 Å². The Morgan fingerprint density at radius 3 is 1.61 bits per heavy atom. The molecule has 10 aromatic rings. The summed E-state index contributed by atoms with van der Waals surface area (Å²) in [5, 5.41) is 2.16. The molecule has 0 unspecified atom stereocenters. The lowest BCUT2D eigenvalue weighted by atomic mass is 9.67. The summed E-state index contributed by atoms with van der Waals surface area (Å²) >= 11 is 0. The Labute approximate surface area is 325 Å². The fraction of sp³-hybridized carbons (Fsp3) is 0.0189. The molecule has 3 heteroatoms. The Morgan fingerprint density at radius 2 is 0.875 bits per heavy atom. The van der Waals surface area contributed by atoms with Gasteiger partial charge in [-0.1, -0.05) is 176 Å². The second-order valence-corrected chi connectivity index (χ2v) is 14.5. The standard InChI is InChI=1S/C53H34N2O/c1-3-15-36(16-4-1)52-54-48(37-29-32-51-45(33-37)44-23-11-14-26-50(44)56-51)34-49(55-52)43-22-8-7-19-40(43)35-27-30-39(31-28-35)53(38-17-5-2-6-18-38)46-24-12-9-20-41(46)42-21-10-13-25-47(42)53/h1-34H.